The molecule has 6 nitrogen and oxygen atoms in total. The van der Waals surface area contributed by atoms with Gasteiger partial charge in [0.05, 0.1) is 20.3 Å². The van der Waals surface area contributed by atoms with Crippen molar-refractivity contribution in [1.82, 2.24) is 10.2 Å². The summed E-state index contributed by atoms with van der Waals surface area (Å²) in [6, 6.07) is 0.210. The summed E-state index contributed by atoms with van der Waals surface area (Å²) in [7, 11) is 3.24. The zero-order chi connectivity index (χ0) is 14.2. The Morgan fingerprint density at radius 1 is 1.25 bits per heavy atom. The number of nitrogens with one attached hydrogen (secondary N) is 1. The summed E-state index contributed by atoms with van der Waals surface area (Å²) in [6.07, 6.45) is 4.68. The first-order valence-corrected chi connectivity index (χ1v) is 7.42. The highest BCUT2D eigenvalue weighted by molar-refractivity contribution is 5.67. The molecule has 3 aliphatic rings. The maximum atomic E-state index is 11.6. The highest BCUT2D eigenvalue weighted by Gasteiger charge is 2.49. The van der Waals surface area contributed by atoms with Gasteiger partial charge in [0.1, 0.15) is 0 Å². The third kappa shape index (κ3) is 2.40. The average molecular weight is 284 g/mol. The van der Waals surface area contributed by atoms with Gasteiger partial charge in [0.25, 0.3) is 0 Å². The van der Waals surface area contributed by atoms with Crippen molar-refractivity contribution in [3.8, 4) is 0 Å². The van der Waals surface area contributed by atoms with Gasteiger partial charge in [-0.25, -0.2) is 4.79 Å². The van der Waals surface area contributed by atoms with E-state index in [0.717, 1.165) is 38.6 Å². The van der Waals surface area contributed by atoms with Gasteiger partial charge in [-0.2, -0.15) is 0 Å². The van der Waals surface area contributed by atoms with Gasteiger partial charge in [-0.15, -0.1) is 0 Å². The van der Waals surface area contributed by atoms with E-state index in [1.54, 1.807) is 4.90 Å². The van der Waals surface area contributed by atoms with E-state index in [9.17, 15) is 4.79 Å². The van der Waals surface area contributed by atoms with E-state index in [1.165, 1.54) is 7.11 Å². The zero-order valence-electron chi connectivity index (χ0n) is 12.3. The van der Waals surface area contributed by atoms with Gasteiger partial charge in [0.2, 0.25) is 0 Å². The second kappa shape index (κ2) is 5.16. The van der Waals surface area contributed by atoms with Crippen LogP contribution in [0.25, 0.3) is 0 Å². The minimum atomic E-state index is -0.320. The molecule has 2 aliphatic heterocycles. The molecule has 0 bridgehead atoms. The van der Waals surface area contributed by atoms with Crippen molar-refractivity contribution in [3.63, 3.8) is 0 Å². The van der Waals surface area contributed by atoms with Crippen molar-refractivity contribution in [2.24, 2.45) is 0 Å². The van der Waals surface area contributed by atoms with Crippen molar-refractivity contribution in [2.45, 2.75) is 49.5 Å². The van der Waals surface area contributed by atoms with Crippen LogP contribution in [0.1, 0.15) is 32.1 Å². The number of rotatable bonds is 1. The lowest BCUT2D eigenvalue weighted by atomic mass is 9.77. The quantitative estimate of drug-likeness (QED) is 0.781. The Balaban J connectivity index is 1.58. The molecule has 114 valence electrons. The van der Waals surface area contributed by atoms with E-state index in [2.05, 4.69) is 5.32 Å². The number of carbonyl (C=O) groups is 1. The van der Waals surface area contributed by atoms with E-state index < -0.39 is 0 Å². The van der Waals surface area contributed by atoms with Crippen LogP contribution in [-0.4, -0.2) is 62.3 Å². The Bertz CT molecular complexity index is 371. The molecular weight excluding hydrogens is 260 g/mol. The summed E-state index contributed by atoms with van der Waals surface area (Å²) in [5, 5.41) is 3.63. The maximum absolute atomic E-state index is 11.6. The number of methoxy groups -OCH3 is 1. The highest BCUT2D eigenvalue weighted by atomic mass is 16.7. The minimum absolute atomic E-state index is 0.132. The molecular formula is C14H24N2O4. The molecule has 3 fully saturated rings. The predicted molar refractivity (Wildman–Crippen MR) is 72.4 cm³/mol. The van der Waals surface area contributed by atoms with Gasteiger partial charge in [0, 0.05) is 38.0 Å². The molecule has 1 atom stereocenters. The fourth-order valence-corrected chi connectivity index (χ4v) is 3.77. The Hall–Kier alpha value is -0.850. The van der Waals surface area contributed by atoms with Crippen LogP contribution in [-0.2, 0) is 14.2 Å². The molecule has 1 N–H and O–H groups in total. The number of amides is 1. The van der Waals surface area contributed by atoms with Crippen LogP contribution >= 0.6 is 0 Å². The molecule has 6 heteroatoms. The molecule has 1 unspecified atom stereocenters. The van der Waals surface area contributed by atoms with Crippen molar-refractivity contribution >= 4 is 6.09 Å². The predicted octanol–water partition coefficient (Wildman–Crippen LogP) is 1.10. The minimum Gasteiger partial charge on any atom is -0.453 e. The van der Waals surface area contributed by atoms with Gasteiger partial charge in [0.15, 0.2) is 5.79 Å². The normalized spacial score (nSPS) is 30.8. The summed E-state index contributed by atoms with van der Waals surface area (Å²) < 4.78 is 16.4. The lowest BCUT2D eigenvalue weighted by Gasteiger charge is -2.42. The molecule has 20 heavy (non-hydrogen) atoms. The summed E-state index contributed by atoms with van der Waals surface area (Å²) in [5.74, 6) is -0.320. The fraction of sp³-hybridized carbons (Fsp3) is 0.929. The number of carbonyl (C=O) groups excluding carboxylic acids is 1. The monoisotopic (exact) mass is 284 g/mol. The Morgan fingerprint density at radius 3 is 2.50 bits per heavy atom. The third-order valence-electron chi connectivity index (χ3n) is 5.13. The van der Waals surface area contributed by atoms with E-state index in [0.29, 0.717) is 13.2 Å². The molecule has 0 aromatic carbocycles. The topological polar surface area (TPSA) is 60.0 Å². The van der Waals surface area contributed by atoms with Crippen LogP contribution in [0.3, 0.4) is 0 Å². The molecule has 2 saturated heterocycles. The van der Waals surface area contributed by atoms with E-state index in [1.807, 2.05) is 7.05 Å². The highest BCUT2D eigenvalue weighted by Crippen LogP contribution is 2.44. The maximum Gasteiger partial charge on any atom is 0.409 e. The number of hydrogen-bond donors (Lipinski definition) is 1. The second-order valence-corrected chi connectivity index (χ2v) is 6.21. The molecule has 1 saturated carbocycles. The van der Waals surface area contributed by atoms with Crippen LogP contribution in [0.5, 0.6) is 0 Å². The zero-order valence-corrected chi connectivity index (χ0v) is 12.3. The standard InChI is InChI=1S/C14H24N2O4/c1-16(12(17)18-2)11-9-13(15-10-11)3-5-14(6-4-13)19-7-8-20-14/h11,15H,3-10H2,1-2H3. The summed E-state index contributed by atoms with van der Waals surface area (Å²) in [4.78, 5) is 13.3. The van der Waals surface area contributed by atoms with Gasteiger partial charge in [-0.3, -0.25) is 0 Å². The first kappa shape index (κ1) is 14.1. The van der Waals surface area contributed by atoms with Gasteiger partial charge in [-0.05, 0) is 19.3 Å². The summed E-state index contributed by atoms with van der Waals surface area (Å²) in [6.45, 7) is 2.27. The Kier molecular flexibility index (Phi) is 3.64. The van der Waals surface area contributed by atoms with Crippen molar-refractivity contribution in [1.29, 1.82) is 0 Å². The summed E-state index contributed by atoms with van der Waals surface area (Å²) >= 11 is 0. The van der Waals surface area contributed by atoms with E-state index in [-0.39, 0.29) is 23.5 Å². The lowest BCUT2D eigenvalue weighted by molar-refractivity contribution is -0.185. The third-order valence-corrected chi connectivity index (χ3v) is 5.13. The number of hydrogen-bond acceptors (Lipinski definition) is 5. The molecule has 2 heterocycles. The number of ether oxygens (including phenoxy) is 3. The SMILES string of the molecule is COC(=O)N(C)C1CNC2(CCC3(CC2)OCCO3)C1. The average Bonchev–Trinajstić information content (AvgIpc) is 3.09. The molecule has 3 rings (SSSR count). The number of likely N-dealkylation sites (N-methyl/N-ethyl adjacent to an activating group) is 1. The molecule has 1 amide bonds. The van der Waals surface area contributed by atoms with Crippen molar-refractivity contribution < 1.29 is 19.0 Å². The second-order valence-electron chi connectivity index (χ2n) is 6.21. The first-order valence-electron chi connectivity index (χ1n) is 7.42. The molecule has 0 radical (unpaired) electrons. The summed E-state index contributed by atoms with van der Waals surface area (Å²) in [5.41, 5.74) is 0.132. The lowest BCUT2D eigenvalue weighted by Crippen LogP contribution is -2.48. The van der Waals surface area contributed by atoms with Crippen LogP contribution < -0.4 is 5.32 Å². The van der Waals surface area contributed by atoms with Crippen LogP contribution in [0.2, 0.25) is 0 Å². The van der Waals surface area contributed by atoms with E-state index >= 15 is 0 Å². The van der Waals surface area contributed by atoms with Crippen molar-refractivity contribution in [2.75, 3.05) is 33.9 Å². The Morgan fingerprint density at radius 2 is 1.90 bits per heavy atom. The van der Waals surface area contributed by atoms with Crippen LogP contribution in [0, 0.1) is 0 Å². The largest absolute Gasteiger partial charge is 0.453 e. The van der Waals surface area contributed by atoms with Crippen molar-refractivity contribution in [3.05, 3.63) is 0 Å². The fourth-order valence-electron chi connectivity index (χ4n) is 3.77. The van der Waals surface area contributed by atoms with Gasteiger partial charge in [-0.1, -0.05) is 0 Å². The molecule has 0 aromatic rings. The van der Waals surface area contributed by atoms with Crippen LogP contribution in [0.4, 0.5) is 4.79 Å². The molecule has 2 spiro atoms. The van der Waals surface area contributed by atoms with E-state index in [4.69, 9.17) is 14.2 Å². The molecule has 0 aromatic heterocycles. The van der Waals surface area contributed by atoms with Gasteiger partial charge < -0.3 is 24.4 Å². The molecule has 1 aliphatic carbocycles. The number of nitrogens with zero attached hydrogens (tertiary/aromatic N) is 1. The first-order chi connectivity index (χ1) is 9.58. The Labute approximate surface area is 119 Å². The smallest absolute Gasteiger partial charge is 0.409 e. The van der Waals surface area contributed by atoms with Gasteiger partial charge >= 0.3 is 6.09 Å². The van der Waals surface area contributed by atoms with Crippen LogP contribution in [0.15, 0.2) is 0 Å².